The van der Waals surface area contributed by atoms with Gasteiger partial charge in [0.25, 0.3) is 11.7 Å². The maximum atomic E-state index is 13.6. The van der Waals surface area contributed by atoms with Crippen LogP contribution in [0.4, 0.5) is 14.5 Å². The molecule has 1 aromatic rings. The predicted octanol–water partition coefficient (Wildman–Crippen LogP) is 0.539. The van der Waals surface area contributed by atoms with Crippen LogP contribution in [0.1, 0.15) is 10.4 Å². The number of anilines is 1. The molecule has 0 saturated heterocycles. The predicted molar refractivity (Wildman–Crippen MR) is 62.8 cm³/mol. The molecule has 0 atom stereocenters. The quantitative estimate of drug-likeness (QED) is 0.761. The fourth-order valence-corrected chi connectivity index (χ4v) is 2.34. The van der Waals surface area contributed by atoms with Crippen molar-refractivity contribution in [1.82, 2.24) is 0 Å². The third kappa shape index (κ3) is 2.48. The Morgan fingerprint density at radius 2 is 1.84 bits per heavy atom. The summed E-state index contributed by atoms with van der Waals surface area (Å²) >= 11 is 0. The van der Waals surface area contributed by atoms with E-state index in [-0.39, 0.29) is 17.8 Å². The third-order valence-corrected chi connectivity index (χ3v) is 3.59. The number of ketones is 1. The van der Waals surface area contributed by atoms with Crippen molar-refractivity contribution in [2.24, 2.45) is 0 Å². The molecule has 1 heterocycles. The van der Waals surface area contributed by atoms with Gasteiger partial charge >= 0.3 is 0 Å². The SMILES string of the molecule is CS(=O)(=O)CCN1C(=O)C(=O)c2cc(F)cc(F)c21. The van der Waals surface area contributed by atoms with Crippen LogP contribution < -0.4 is 4.90 Å². The molecule has 0 N–H and O–H groups in total. The minimum absolute atomic E-state index is 0.348. The lowest BCUT2D eigenvalue weighted by Crippen LogP contribution is -2.34. The maximum absolute atomic E-state index is 13.6. The molecule has 0 radical (unpaired) electrons. The van der Waals surface area contributed by atoms with E-state index in [1.54, 1.807) is 0 Å². The first-order chi connectivity index (χ1) is 8.70. The lowest BCUT2D eigenvalue weighted by Gasteiger charge is -2.16. The van der Waals surface area contributed by atoms with E-state index in [1.807, 2.05) is 0 Å². The monoisotopic (exact) mass is 289 g/mol. The van der Waals surface area contributed by atoms with Gasteiger partial charge in [-0.25, -0.2) is 17.2 Å². The zero-order chi connectivity index (χ0) is 14.4. The number of sulfone groups is 1. The standard InChI is InChI=1S/C11H9F2NO4S/c1-19(17,18)3-2-14-9-7(10(15)11(14)16)4-6(12)5-8(9)13/h4-5H,2-3H2,1H3. The summed E-state index contributed by atoms with van der Waals surface area (Å²) in [5.41, 5.74) is -0.740. The highest BCUT2D eigenvalue weighted by atomic mass is 32.2. The Morgan fingerprint density at radius 1 is 1.21 bits per heavy atom. The first kappa shape index (κ1) is 13.6. The fraction of sp³-hybridized carbons (Fsp3) is 0.273. The van der Waals surface area contributed by atoms with Gasteiger partial charge < -0.3 is 4.90 Å². The zero-order valence-electron chi connectivity index (χ0n) is 9.81. The van der Waals surface area contributed by atoms with Gasteiger partial charge in [-0.1, -0.05) is 0 Å². The molecule has 1 amide bonds. The number of amides is 1. The third-order valence-electron chi connectivity index (χ3n) is 2.67. The van der Waals surface area contributed by atoms with E-state index < -0.39 is 38.9 Å². The van der Waals surface area contributed by atoms with Crippen molar-refractivity contribution in [2.45, 2.75) is 0 Å². The van der Waals surface area contributed by atoms with Crippen LogP contribution in [0.25, 0.3) is 0 Å². The molecule has 1 aliphatic rings. The van der Waals surface area contributed by atoms with Crippen LogP contribution in [0.2, 0.25) is 0 Å². The Balaban J connectivity index is 2.44. The summed E-state index contributed by atoms with van der Waals surface area (Å²) < 4.78 is 48.7. The Hall–Kier alpha value is -1.83. The largest absolute Gasteiger partial charge is 0.301 e. The van der Waals surface area contributed by atoms with Crippen LogP contribution in [-0.2, 0) is 14.6 Å². The molecule has 0 aromatic heterocycles. The first-order valence-electron chi connectivity index (χ1n) is 5.23. The molecule has 102 valence electrons. The second-order valence-electron chi connectivity index (χ2n) is 4.20. The molecule has 0 fully saturated rings. The summed E-state index contributed by atoms with van der Waals surface area (Å²) in [5.74, 6) is -4.54. The lowest BCUT2D eigenvalue weighted by molar-refractivity contribution is -0.114. The smallest absolute Gasteiger partial charge is 0.299 e. The second kappa shape index (κ2) is 4.37. The van der Waals surface area contributed by atoms with Crippen molar-refractivity contribution in [2.75, 3.05) is 23.5 Å². The van der Waals surface area contributed by atoms with Crippen LogP contribution >= 0.6 is 0 Å². The van der Waals surface area contributed by atoms with Crippen LogP contribution in [0.3, 0.4) is 0 Å². The molecular weight excluding hydrogens is 280 g/mol. The Bertz CT molecular complexity index is 684. The van der Waals surface area contributed by atoms with Gasteiger partial charge in [0.05, 0.1) is 17.0 Å². The molecule has 2 rings (SSSR count). The van der Waals surface area contributed by atoms with E-state index in [9.17, 15) is 26.8 Å². The average molecular weight is 289 g/mol. The summed E-state index contributed by atoms with van der Waals surface area (Å²) in [4.78, 5) is 23.9. The highest BCUT2D eigenvalue weighted by molar-refractivity contribution is 7.90. The highest BCUT2D eigenvalue weighted by Crippen LogP contribution is 2.32. The number of hydrogen-bond acceptors (Lipinski definition) is 4. The number of benzene rings is 1. The lowest BCUT2D eigenvalue weighted by atomic mass is 10.1. The molecule has 0 aliphatic carbocycles. The Labute approximate surface area is 107 Å². The van der Waals surface area contributed by atoms with Crippen LogP contribution in [-0.4, -0.2) is 38.7 Å². The van der Waals surface area contributed by atoms with Gasteiger partial charge in [0.1, 0.15) is 15.7 Å². The van der Waals surface area contributed by atoms with Crippen LogP contribution in [0, 0.1) is 11.6 Å². The molecule has 1 aliphatic heterocycles. The molecule has 5 nitrogen and oxygen atoms in total. The summed E-state index contributed by atoms with van der Waals surface area (Å²) in [6, 6.07) is 1.30. The molecule has 19 heavy (non-hydrogen) atoms. The van der Waals surface area contributed by atoms with Crippen molar-refractivity contribution < 1.29 is 26.8 Å². The van der Waals surface area contributed by atoms with Gasteiger partial charge in [-0.15, -0.1) is 0 Å². The van der Waals surface area contributed by atoms with E-state index >= 15 is 0 Å². The highest BCUT2D eigenvalue weighted by Gasteiger charge is 2.38. The number of rotatable bonds is 3. The van der Waals surface area contributed by atoms with Gasteiger partial charge in [-0.05, 0) is 6.07 Å². The van der Waals surface area contributed by atoms with E-state index in [4.69, 9.17) is 0 Å². The number of Topliss-reactive ketones (excluding diaryl/α,β-unsaturated/α-hetero) is 1. The second-order valence-corrected chi connectivity index (χ2v) is 6.46. The number of carbonyl (C=O) groups is 2. The molecule has 0 saturated carbocycles. The normalized spacial score (nSPS) is 15.0. The summed E-state index contributed by atoms with van der Waals surface area (Å²) in [7, 11) is -3.38. The van der Waals surface area contributed by atoms with Gasteiger partial charge in [-0.3, -0.25) is 9.59 Å². The summed E-state index contributed by atoms with van der Waals surface area (Å²) in [5, 5.41) is 0. The number of nitrogens with zero attached hydrogens (tertiary/aromatic N) is 1. The minimum atomic E-state index is -3.38. The topological polar surface area (TPSA) is 71.5 Å². The average Bonchev–Trinajstić information content (AvgIpc) is 2.50. The molecule has 0 unspecified atom stereocenters. The molecule has 0 bridgehead atoms. The fourth-order valence-electron chi connectivity index (χ4n) is 1.82. The van der Waals surface area contributed by atoms with Crippen molar-refractivity contribution >= 4 is 27.2 Å². The van der Waals surface area contributed by atoms with Crippen molar-refractivity contribution in [3.05, 3.63) is 29.3 Å². The minimum Gasteiger partial charge on any atom is -0.301 e. The van der Waals surface area contributed by atoms with Crippen molar-refractivity contribution in [1.29, 1.82) is 0 Å². The van der Waals surface area contributed by atoms with Crippen LogP contribution in [0.15, 0.2) is 12.1 Å². The van der Waals surface area contributed by atoms with E-state index in [0.29, 0.717) is 6.07 Å². The molecule has 0 spiro atoms. The van der Waals surface area contributed by atoms with Crippen molar-refractivity contribution in [3.63, 3.8) is 0 Å². The van der Waals surface area contributed by atoms with Gasteiger partial charge in [-0.2, -0.15) is 0 Å². The van der Waals surface area contributed by atoms with E-state index in [0.717, 1.165) is 17.2 Å². The summed E-state index contributed by atoms with van der Waals surface area (Å²) in [6.07, 6.45) is 0.956. The molecule has 1 aromatic carbocycles. The maximum Gasteiger partial charge on any atom is 0.299 e. The Kier molecular flexibility index (Phi) is 3.13. The van der Waals surface area contributed by atoms with E-state index in [1.165, 1.54) is 0 Å². The number of carbonyl (C=O) groups excluding carboxylic acids is 2. The van der Waals surface area contributed by atoms with Crippen LogP contribution in [0.5, 0.6) is 0 Å². The van der Waals surface area contributed by atoms with Gasteiger partial charge in [0.2, 0.25) is 0 Å². The zero-order valence-corrected chi connectivity index (χ0v) is 10.6. The Morgan fingerprint density at radius 3 is 2.42 bits per heavy atom. The van der Waals surface area contributed by atoms with Gasteiger partial charge in [0.15, 0.2) is 5.82 Å². The molecular formula is C11H9F2NO4S. The number of hydrogen-bond donors (Lipinski definition) is 0. The number of halogens is 2. The van der Waals surface area contributed by atoms with E-state index in [2.05, 4.69) is 0 Å². The number of fused-ring (bicyclic) bond motifs is 1. The molecule has 8 heteroatoms. The van der Waals surface area contributed by atoms with Gasteiger partial charge in [0, 0.05) is 18.9 Å². The van der Waals surface area contributed by atoms with Crippen molar-refractivity contribution in [3.8, 4) is 0 Å². The first-order valence-corrected chi connectivity index (χ1v) is 7.30. The summed E-state index contributed by atoms with van der Waals surface area (Å²) in [6.45, 7) is -0.348.